The molecule has 1 saturated heterocycles. The molecule has 1 aromatic heterocycles. The maximum atomic E-state index is 12.9. The molecule has 0 N–H and O–H groups in total. The van der Waals surface area contributed by atoms with Crippen LogP contribution < -0.4 is 0 Å². The molecular weight excluding hydrogens is 384 g/mol. The molecule has 2 aliphatic rings. The molecule has 27 heavy (non-hydrogen) atoms. The lowest BCUT2D eigenvalue weighted by Gasteiger charge is -2.34. The normalized spacial score (nSPS) is 24.9. The molecule has 2 heterocycles. The van der Waals surface area contributed by atoms with Crippen molar-refractivity contribution >= 4 is 27.3 Å². The number of thiophene rings is 1. The van der Waals surface area contributed by atoms with Crippen LogP contribution in [0.2, 0.25) is 0 Å². The zero-order valence-electron chi connectivity index (χ0n) is 16.4. The number of aryl methyl sites for hydroxylation is 2. The van der Waals surface area contributed by atoms with E-state index >= 15 is 0 Å². The van der Waals surface area contributed by atoms with Gasteiger partial charge in [0, 0.05) is 35.9 Å². The number of nitrogens with zero attached hydrogens (tertiary/aromatic N) is 2. The van der Waals surface area contributed by atoms with Gasteiger partial charge >= 0.3 is 0 Å². The fourth-order valence-corrected chi connectivity index (χ4v) is 6.94. The summed E-state index contributed by atoms with van der Waals surface area (Å²) >= 11 is 1.50. The Balaban J connectivity index is 1.51. The lowest BCUT2D eigenvalue weighted by atomic mass is 9.89. The Hall–Kier alpha value is -0.960. The van der Waals surface area contributed by atoms with E-state index in [1.165, 1.54) is 22.1 Å². The van der Waals surface area contributed by atoms with Crippen LogP contribution in [0.25, 0.3) is 0 Å². The van der Waals surface area contributed by atoms with Crippen LogP contribution in [0.5, 0.6) is 0 Å². The van der Waals surface area contributed by atoms with E-state index in [0.29, 0.717) is 37.0 Å². The molecule has 1 amide bonds. The van der Waals surface area contributed by atoms with Crippen LogP contribution in [-0.4, -0.2) is 62.4 Å². The summed E-state index contributed by atoms with van der Waals surface area (Å²) in [5.74, 6) is 0.629. The first kappa shape index (κ1) is 20.8. The molecule has 3 rings (SSSR count). The Kier molecular flexibility index (Phi) is 6.61. The van der Waals surface area contributed by atoms with Crippen molar-refractivity contribution in [3.63, 3.8) is 0 Å². The highest BCUT2D eigenvalue weighted by Crippen LogP contribution is 2.28. The fraction of sp³-hybridized carbons (Fsp3) is 0.737. The highest BCUT2D eigenvalue weighted by atomic mass is 32.2. The predicted octanol–water partition coefficient (Wildman–Crippen LogP) is 2.79. The molecular formula is C19H30N2O4S2. The number of ether oxygens (including phenoxy) is 1. The number of carbonyl (C=O) groups is 1. The summed E-state index contributed by atoms with van der Waals surface area (Å²) in [4.78, 5) is 16.4. The van der Waals surface area contributed by atoms with E-state index in [4.69, 9.17) is 4.74 Å². The molecule has 152 valence electrons. The zero-order chi connectivity index (χ0) is 19.6. The van der Waals surface area contributed by atoms with Crippen molar-refractivity contribution < 1.29 is 17.9 Å². The highest BCUT2D eigenvalue weighted by molar-refractivity contribution is 7.89. The van der Waals surface area contributed by atoms with Crippen molar-refractivity contribution in [3.8, 4) is 0 Å². The fourth-order valence-electron chi connectivity index (χ4n) is 3.99. The zero-order valence-corrected chi connectivity index (χ0v) is 18.1. The number of amides is 1. The number of hydrogen-bond donors (Lipinski definition) is 0. The Bertz CT molecular complexity index is 767. The lowest BCUT2D eigenvalue weighted by molar-refractivity contribution is -0.140. The molecule has 6 nitrogen and oxygen atoms in total. The van der Waals surface area contributed by atoms with Gasteiger partial charge in [0.25, 0.3) is 0 Å². The van der Waals surface area contributed by atoms with Gasteiger partial charge in [0.05, 0.1) is 11.0 Å². The van der Waals surface area contributed by atoms with Crippen LogP contribution in [-0.2, 0) is 19.6 Å². The summed E-state index contributed by atoms with van der Waals surface area (Å²) in [6.07, 6.45) is 4.65. The number of sulfonamides is 1. The van der Waals surface area contributed by atoms with E-state index in [1.807, 2.05) is 13.8 Å². The van der Waals surface area contributed by atoms with Gasteiger partial charge in [-0.3, -0.25) is 4.79 Å². The topological polar surface area (TPSA) is 66.9 Å². The van der Waals surface area contributed by atoms with E-state index in [0.717, 1.165) is 29.0 Å². The van der Waals surface area contributed by atoms with Crippen molar-refractivity contribution in [1.29, 1.82) is 0 Å². The van der Waals surface area contributed by atoms with Gasteiger partial charge < -0.3 is 9.64 Å². The van der Waals surface area contributed by atoms with Crippen molar-refractivity contribution in [2.24, 2.45) is 5.92 Å². The highest BCUT2D eigenvalue weighted by Gasteiger charge is 2.32. The molecule has 2 unspecified atom stereocenters. The van der Waals surface area contributed by atoms with E-state index in [2.05, 4.69) is 6.92 Å². The summed E-state index contributed by atoms with van der Waals surface area (Å²) < 4.78 is 33.1. The van der Waals surface area contributed by atoms with E-state index in [9.17, 15) is 13.2 Å². The van der Waals surface area contributed by atoms with E-state index in [-0.39, 0.29) is 18.6 Å². The molecule has 0 spiro atoms. The van der Waals surface area contributed by atoms with Gasteiger partial charge in [0.1, 0.15) is 6.61 Å². The number of rotatable bonds is 5. The van der Waals surface area contributed by atoms with Crippen molar-refractivity contribution in [2.75, 3.05) is 32.8 Å². The minimum Gasteiger partial charge on any atom is -0.368 e. The molecule has 0 bridgehead atoms. The Labute approximate surface area is 166 Å². The molecule has 1 aliphatic heterocycles. The van der Waals surface area contributed by atoms with Gasteiger partial charge in [-0.1, -0.05) is 19.8 Å². The Morgan fingerprint density at radius 1 is 1.22 bits per heavy atom. The van der Waals surface area contributed by atoms with E-state index in [1.54, 1.807) is 11.0 Å². The third-order valence-corrected chi connectivity index (χ3v) is 8.66. The first-order chi connectivity index (χ1) is 12.8. The standard InChI is InChI=1S/C19H30N2O4S2/c1-14-5-4-6-17(11-14)25-13-19(22)20-7-9-21(10-8-20)27(23,24)18-12-15(2)26-16(18)3/h12,14,17H,4-11,13H2,1-3H3. The average Bonchev–Trinajstić information content (AvgIpc) is 2.99. The van der Waals surface area contributed by atoms with Gasteiger partial charge in [-0.2, -0.15) is 4.31 Å². The molecule has 8 heteroatoms. The van der Waals surface area contributed by atoms with Gasteiger partial charge in [0.2, 0.25) is 15.9 Å². The van der Waals surface area contributed by atoms with Crippen LogP contribution in [0.4, 0.5) is 0 Å². The molecule has 1 saturated carbocycles. The molecule has 0 aromatic carbocycles. The number of piperazine rings is 1. The third-order valence-electron chi connectivity index (χ3n) is 5.54. The number of hydrogen-bond acceptors (Lipinski definition) is 5. The van der Waals surface area contributed by atoms with Crippen LogP contribution in [0, 0.1) is 19.8 Å². The average molecular weight is 415 g/mol. The van der Waals surface area contributed by atoms with Gasteiger partial charge in [-0.25, -0.2) is 8.42 Å². The SMILES string of the molecule is Cc1cc(S(=O)(=O)N2CCN(C(=O)COC3CCCC(C)C3)CC2)c(C)s1. The first-order valence-electron chi connectivity index (χ1n) is 9.74. The quantitative estimate of drug-likeness (QED) is 0.743. The second kappa shape index (κ2) is 8.59. The largest absolute Gasteiger partial charge is 0.368 e. The molecule has 1 aliphatic carbocycles. The summed E-state index contributed by atoms with van der Waals surface area (Å²) in [7, 11) is -3.48. The van der Waals surface area contributed by atoms with Gasteiger partial charge in [-0.05, 0) is 38.7 Å². The van der Waals surface area contributed by atoms with Gasteiger partial charge in [-0.15, -0.1) is 11.3 Å². The Morgan fingerprint density at radius 2 is 1.93 bits per heavy atom. The van der Waals surface area contributed by atoms with Crippen LogP contribution in [0.3, 0.4) is 0 Å². The number of carbonyl (C=O) groups excluding carboxylic acids is 1. The predicted molar refractivity (Wildman–Crippen MR) is 107 cm³/mol. The van der Waals surface area contributed by atoms with Crippen molar-refractivity contribution in [1.82, 2.24) is 9.21 Å². The maximum absolute atomic E-state index is 12.9. The molecule has 1 aromatic rings. The van der Waals surface area contributed by atoms with Crippen molar-refractivity contribution in [2.45, 2.75) is 57.5 Å². The van der Waals surface area contributed by atoms with E-state index < -0.39 is 10.0 Å². The summed E-state index contributed by atoms with van der Waals surface area (Å²) in [6, 6.07) is 1.74. The molecule has 2 fully saturated rings. The minimum absolute atomic E-state index is 0.0344. The van der Waals surface area contributed by atoms with Crippen LogP contribution in [0.15, 0.2) is 11.0 Å². The second-order valence-corrected chi connectivity index (χ2v) is 11.1. The second-order valence-electron chi connectivity index (χ2n) is 7.77. The first-order valence-corrected chi connectivity index (χ1v) is 12.0. The lowest BCUT2D eigenvalue weighted by Crippen LogP contribution is -2.51. The van der Waals surface area contributed by atoms with Gasteiger partial charge in [0.15, 0.2) is 0 Å². The third kappa shape index (κ3) is 4.91. The maximum Gasteiger partial charge on any atom is 0.248 e. The Morgan fingerprint density at radius 3 is 2.52 bits per heavy atom. The molecule has 2 atom stereocenters. The minimum atomic E-state index is -3.48. The summed E-state index contributed by atoms with van der Waals surface area (Å²) in [5.41, 5.74) is 0. The van der Waals surface area contributed by atoms with Crippen LogP contribution >= 0.6 is 11.3 Å². The monoisotopic (exact) mass is 414 g/mol. The summed E-state index contributed by atoms with van der Waals surface area (Å²) in [6.45, 7) is 7.61. The smallest absolute Gasteiger partial charge is 0.248 e. The molecule has 0 radical (unpaired) electrons. The summed E-state index contributed by atoms with van der Waals surface area (Å²) in [5, 5.41) is 0. The van der Waals surface area contributed by atoms with Crippen molar-refractivity contribution in [3.05, 3.63) is 15.8 Å². The van der Waals surface area contributed by atoms with Crippen LogP contribution in [0.1, 0.15) is 42.4 Å².